The fourth-order valence-electron chi connectivity index (χ4n) is 2.33. The number of piperidine rings is 1. The van der Waals surface area contributed by atoms with E-state index in [2.05, 4.69) is 34.2 Å². The van der Waals surface area contributed by atoms with Crippen LogP contribution in [0.1, 0.15) is 18.5 Å². The third-order valence-electron chi connectivity index (χ3n) is 3.35. The van der Waals surface area contributed by atoms with E-state index in [1.165, 1.54) is 19.4 Å². The summed E-state index contributed by atoms with van der Waals surface area (Å²) < 4.78 is 5.52. The molecule has 96 valence electrons. The van der Waals surface area contributed by atoms with Gasteiger partial charge in [-0.3, -0.25) is 0 Å². The van der Waals surface area contributed by atoms with E-state index < -0.39 is 0 Å². The van der Waals surface area contributed by atoms with Crippen LogP contribution in [0.3, 0.4) is 0 Å². The summed E-state index contributed by atoms with van der Waals surface area (Å²) in [5.41, 5.74) is 0.957. The van der Waals surface area contributed by atoms with Crippen LogP contribution in [-0.2, 0) is 6.54 Å². The Balaban J connectivity index is 1.99. The molecule has 5 nitrogen and oxygen atoms in total. The first kappa shape index (κ1) is 12.4. The van der Waals surface area contributed by atoms with Gasteiger partial charge >= 0.3 is 0 Å². The molecule has 1 unspecified atom stereocenters. The van der Waals surface area contributed by atoms with Crippen LogP contribution in [0.5, 0.6) is 0 Å². The number of hydrogen-bond donors (Lipinski definition) is 1. The van der Waals surface area contributed by atoms with Crippen molar-refractivity contribution in [3.63, 3.8) is 0 Å². The van der Waals surface area contributed by atoms with E-state index in [-0.39, 0.29) is 0 Å². The van der Waals surface area contributed by atoms with Gasteiger partial charge in [-0.15, -0.1) is 0 Å². The van der Waals surface area contributed by atoms with E-state index in [9.17, 15) is 0 Å². The van der Waals surface area contributed by atoms with Crippen LogP contribution in [0.4, 0.5) is 6.01 Å². The highest BCUT2D eigenvalue weighted by molar-refractivity contribution is 5.28. The summed E-state index contributed by atoms with van der Waals surface area (Å²) in [7, 11) is 6.15. The summed E-state index contributed by atoms with van der Waals surface area (Å²) in [5, 5.41) is 3.07. The van der Waals surface area contributed by atoms with Crippen molar-refractivity contribution in [2.45, 2.75) is 25.4 Å². The molecular formula is C12H22N4O. The molecule has 2 rings (SSSR count). The van der Waals surface area contributed by atoms with Crippen LogP contribution in [-0.4, -0.2) is 50.2 Å². The molecule has 1 saturated heterocycles. The van der Waals surface area contributed by atoms with Gasteiger partial charge in [-0.2, -0.15) is 4.98 Å². The molecule has 5 heteroatoms. The Morgan fingerprint density at radius 2 is 2.47 bits per heavy atom. The van der Waals surface area contributed by atoms with Gasteiger partial charge in [-0.05, 0) is 33.5 Å². The van der Waals surface area contributed by atoms with Gasteiger partial charge in [0.2, 0.25) is 0 Å². The molecule has 0 aromatic carbocycles. The molecule has 1 fully saturated rings. The van der Waals surface area contributed by atoms with Crippen molar-refractivity contribution >= 4 is 6.01 Å². The summed E-state index contributed by atoms with van der Waals surface area (Å²) in [6.45, 7) is 3.03. The molecular weight excluding hydrogens is 216 g/mol. The van der Waals surface area contributed by atoms with Crippen molar-refractivity contribution in [1.29, 1.82) is 0 Å². The molecule has 1 atom stereocenters. The molecule has 0 saturated carbocycles. The molecule has 0 amide bonds. The Labute approximate surface area is 103 Å². The van der Waals surface area contributed by atoms with Gasteiger partial charge in [-0.25, -0.2) is 0 Å². The van der Waals surface area contributed by atoms with E-state index in [4.69, 9.17) is 4.42 Å². The second kappa shape index (κ2) is 5.51. The van der Waals surface area contributed by atoms with Gasteiger partial charge in [0, 0.05) is 26.2 Å². The normalized spacial score (nSPS) is 21.7. The van der Waals surface area contributed by atoms with Crippen LogP contribution in [0.25, 0.3) is 0 Å². The lowest BCUT2D eigenvalue weighted by Gasteiger charge is -2.34. The van der Waals surface area contributed by atoms with Crippen LogP contribution >= 0.6 is 0 Å². The smallest absolute Gasteiger partial charge is 0.297 e. The summed E-state index contributed by atoms with van der Waals surface area (Å²) in [4.78, 5) is 9.00. The maximum Gasteiger partial charge on any atom is 0.297 e. The standard InChI is InChI=1S/C12H22N4O/c1-13-7-10-9-17-12(14-10)16(3)11-5-4-6-15(2)8-11/h9,11,13H,4-8H2,1-3H3. The molecule has 1 aromatic rings. The van der Waals surface area contributed by atoms with Crippen LogP contribution in [0.2, 0.25) is 0 Å². The second-order valence-electron chi connectivity index (χ2n) is 4.82. The first-order valence-electron chi connectivity index (χ1n) is 6.21. The molecule has 1 aromatic heterocycles. The molecule has 0 spiro atoms. The zero-order chi connectivity index (χ0) is 12.3. The predicted molar refractivity (Wildman–Crippen MR) is 68.2 cm³/mol. The fraction of sp³-hybridized carbons (Fsp3) is 0.750. The summed E-state index contributed by atoms with van der Waals surface area (Å²) in [6, 6.07) is 1.24. The Bertz CT molecular complexity index is 352. The number of likely N-dealkylation sites (N-methyl/N-ethyl adjacent to an activating group) is 2. The minimum absolute atomic E-state index is 0.509. The molecule has 17 heavy (non-hydrogen) atoms. The number of nitrogens with zero attached hydrogens (tertiary/aromatic N) is 3. The number of rotatable bonds is 4. The highest BCUT2D eigenvalue weighted by Crippen LogP contribution is 2.20. The number of nitrogens with one attached hydrogen (secondary N) is 1. The van der Waals surface area contributed by atoms with Gasteiger partial charge in [0.05, 0.1) is 5.69 Å². The predicted octanol–water partition coefficient (Wildman–Crippen LogP) is 0.924. The van der Waals surface area contributed by atoms with Crippen LogP contribution in [0.15, 0.2) is 10.7 Å². The van der Waals surface area contributed by atoms with E-state index >= 15 is 0 Å². The van der Waals surface area contributed by atoms with Crippen molar-refractivity contribution in [2.24, 2.45) is 0 Å². The maximum atomic E-state index is 5.52. The molecule has 1 aliphatic heterocycles. The second-order valence-corrected chi connectivity index (χ2v) is 4.82. The van der Waals surface area contributed by atoms with Crippen molar-refractivity contribution in [3.05, 3.63) is 12.0 Å². The largest absolute Gasteiger partial charge is 0.432 e. The van der Waals surface area contributed by atoms with Gasteiger partial charge in [0.15, 0.2) is 0 Å². The summed E-state index contributed by atoms with van der Waals surface area (Å²) >= 11 is 0. The van der Waals surface area contributed by atoms with Crippen molar-refractivity contribution in [1.82, 2.24) is 15.2 Å². The van der Waals surface area contributed by atoms with Gasteiger partial charge < -0.3 is 19.5 Å². The maximum absolute atomic E-state index is 5.52. The lowest BCUT2D eigenvalue weighted by molar-refractivity contribution is 0.244. The van der Waals surface area contributed by atoms with Crippen LogP contribution in [0, 0.1) is 0 Å². The number of oxazole rings is 1. The number of hydrogen-bond acceptors (Lipinski definition) is 5. The third kappa shape index (κ3) is 2.98. The average Bonchev–Trinajstić information content (AvgIpc) is 2.77. The Morgan fingerprint density at radius 3 is 3.18 bits per heavy atom. The topological polar surface area (TPSA) is 44.5 Å². The molecule has 0 aliphatic carbocycles. The Kier molecular flexibility index (Phi) is 4.02. The van der Waals surface area contributed by atoms with E-state index in [0.717, 1.165) is 24.8 Å². The molecule has 2 heterocycles. The van der Waals surface area contributed by atoms with E-state index in [1.54, 1.807) is 6.26 Å². The average molecular weight is 238 g/mol. The molecule has 1 aliphatic rings. The zero-order valence-corrected chi connectivity index (χ0v) is 10.9. The van der Waals surface area contributed by atoms with Gasteiger partial charge in [0.1, 0.15) is 6.26 Å². The lowest BCUT2D eigenvalue weighted by atomic mass is 10.1. The van der Waals surface area contributed by atoms with Crippen molar-refractivity contribution in [2.75, 3.05) is 39.1 Å². The van der Waals surface area contributed by atoms with Crippen molar-refractivity contribution in [3.8, 4) is 0 Å². The first-order chi connectivity index (χ1) is 8.20. The monoisotopic (exact) mass is 238 g/mol. The minimum atomic E-state index is 0.509. The minimum Gasteiger partial charge on any atom is -0.432 e. The fourth-order valence-corrected chi connectivity index (χ4v) is 2.33. The SMILES string of the molecule is CNCc1coc(N(C)C2CCCN(C)C2)n1. The highest BCUT2D eigenvalue weighted by atomic mass is 16.4. The Morgan fingerprint density at radius 1 is 1.65 bits per heavy atom. The highest BCUT2D eigenvalue weighted by Gasteiger charge is 2.23. The van der Waals surface area contributed by atoms with E-state index in [0.29, 0.717) is 6.04 Å². The number of aromatic nitrogens is 1. The van der Waals surface area contributed by atoms with E-state index in [1.807, 2.05) is 7.05 Å². The zero-order valence-electron chi connectivity index (χ0n) is 10.9. The molecule has 0 radical (unpaired) electrons. The molecule has 0 bridgehead atoms. The Hall–Kier alpha value is -1.07. The summed E-state index contributed by atoms with van der Waals surface area (Å²) in [6.07, 6.45) is 4.19. The third-order valence-corrected chi connectivity index (χ3v) is 3.35. The number of anilines is 1. The summed E-state index contributed by atoms with van der Waals surface area (Å²) in [5.74, 6) is 0. The first-order valence-corrected chi connectivity index (χ1v) is 6.21. The number of likely N-dealkylation sites (tertiary alicyclic amines) is 1. The molecule has 1 N–H and O–H groups in total. The van der Waals surface area contributed by atoms with Crippen molar-refractivity contribution < 1.29 is 4.42 Å². The van der Waals surface area contributed by atoms with Gasteiger partial charge in [0.25, 0.3) is 6.01 Å². The van der Waals surface area contributed by atoms with Crippen LogP contribution < -0.4 is 10.2 Å². The lowest BCUT2D eigenvalue weighted by Crippen LogP contribution is -2.45. The quantitative estimate of drug-likeness (QED) is 0.845. The van der Waals surface area contributed by atoms with Gasteiger partial charge in [-0.1, -0.05) is 0 Å².